The molecule has 0 aromatic rings. The Kier molecular flexibility index (Phi) is 5.47. The van der Waals surface area contributed by atoms with Crippen LogP contribution >= 0.6 is 24.0 Å². The summed E-state index contributed by atoms with van der Waals surface area (Å²) in [5.41, 5.74) is 5.39. The molecule has 0 spiro atoms. The average Bonchev–Trinajstić information content (AvgIpc) is 2.77. The summed E-state index contributed by atoms with van der Waals surface area (Å²) in [7, 11) is 1.86. The third-order valence-electron chi connectivity index (χ3n) is 2.33. The summed E-state index contributed by atoms with van der Waals surface area (Å²) >= 11 is 6.46. The predicted octanol–water partition coefficient (Wildman–Crippen LogP) is 0.485. The van der Waals surface area contributed by atoms with E-state index in [1.807, 2.05) is 11.9 Å². The van der Waals surface area contributed by atoms with Crippen molar-refractivity contribution in [1.29, 1.82) is 0 Å². The van der Waals surface area contributed by atoms with Gasteiger partial charge in [0.15, 0.2) is 0 Å². The van der Waals surface area contributed by atoms with E-state index >= 15 is 0 Å². The Balaban J connectivity index is 2.31. The van der Waals surface area contributed by atoms with E-state index in [-0.39, 0.29) is 12.0 Å². The maximum Gasteiger partial charge on any atom is 0.321 e. The molecule has 7 heteroatoms. The van der Waals surface area contributed by atoms with Gasteiger partial charge in [0, 0.05) is 19.4 Å². The van der Waals surface area contributed by atoms with Crippen molar-refractivity contribution in [3.8, 4) is 0 Å². The highest BCUT2D eigenvalue weighted by Gasteiger charge is 2.23. The lowest BCUT2D eigenvalue weighted by molar-refractivity contribution is -0.137. The topological polar surface area (TPSA) is 75.8 Å². The average molecular weight is 264 g/mol. The van der Waals surface area contributed by atoms with Crippen LogP contribution in [0.15, 0.2) is 0 Å². The molecule has 0 aliphatic carbocycles. The Bertz CT molecular complexity index is 269. The molecule has 1 aliphatic rings. The number of thioether (sulfide) groups is 1. The molecular weight excluding hydrogens is 248 g/mol. The second kappa shape index (κ2) is 6.39. The van der Waals surface area contributed by atoms with Crippen molar-refractivity contribution in [2.75, 3.05) is 19.4 Å². The molecule has 1 aliphatic heterocycles. The molecular formula is C9H16N2O3S2. The van der Waals surface area contributed by atoms with Gasteiger partial charge in [0.25, 0.3) is 0 Å². The first-order valence-corrected chi connectivity index (χ1v) is 6.41. The first-order valence-electron chi connectivity index (χ1n) is 5.02. The predicted molar refractivity (Wildman–Crippen MR) is 67.4 cm³/mol. The minimum atomic E-state index is -1.00. The molecule has 0 aromatic heterocycles. The molecule has 0 saturated carbocycles. The number of hydrogen-bond acceptors (Lipinski definition) is 5. The van der Waals surface area contributed by atoms with Gasteiger partial charge in [-0.05, 0) is 12.8 Å². The monoisotopic (exact) mass is 264 g/mol. The highest BCUT2D eigenvalue weighted by molar-refractivity contribution is 8.22. The maximum absolute atomic E-state index is 10.5. The SMILES string of the molecule is CN(C(=S)SCC(N)C(=O)O)C1CCCO1. The summed E-state index contributed by atoms with van der Waals surface area (Å²) in [5.74, 6) is -0.722. The van der Waals surface area contributed by atoms with Crippen LogP contribution in [0.2, 0.25) is 0 Å². The van der Waals surface area contributed by atoms with E-state index in [4.69, 9.17) is 27.8 Å². The van der Waals surface area contributed by atoms with Gasteiger partial charge in [-0.1, -0.05) is 24.0 Å². The van der Waals surface area contributed by atoms with Crippen LogP contribution in [-0.4, -0.2) is 52.0 Å². The zero-order chi connectivity index (χ0) is 12.1. The van der Waals surface area contributed by atoms with E-state index in [9.17, 15) is 4.79 Å². The van der Waals surface area contributed by atoms with E-state index in [0.29, 0.717) is 4.32 Å². The molecule has 5 nitrogen and oxygen atoms in total. The van der Waals surface area contributed by atoms with Crippen molar-refractivity contribution in [3.05, 3.63) is 0 Å². The largest absolute Gasteiger partial charge is 0.480 e. The van der Waals surface area contributed by atoms with Crippen molar-refractivity contribution in [1.82, 2.24) is 4.90 Å². The fourth-order valence-corrected chi connectivity index (χ4v) is 2.43. The lowest BCUT2D eigenvalue weighted by atomic mass is 10.3. The van der Waals surface area contributed by atoms with Crippen LogP contribution in [0.4, 0.5) is 0 Å². The van der Waals surface area contributed by atoms with Crippen molar-refractivity contribution in [2.45, 2.75) is 25.1 Å². The third kappa shape index (κ3) is 3.89. The summed E-state index contributed by atoms with van der Waals surface area (Å²) in [6.07, 6.45) is 2.03. The fourth-order valence-electron chi connectivity index (χ4n) is 1.32. The van der Waals surface area contributed by atoms with E-state index in [1.54, 1.807) is 0 Å². The van der Waals surface area contributed by atoms with Crippen molar-refractivity contribution < 1.29 is 14.6 Å². The number of thiocarbonyl (C=S) groups is 1. The summed E-state index contributed by atoms with van der Waals surface area (Å²) in [5, 5.41) is 8.63. The van der Waals surface area contributed by atoms with Gasteiger partial charge in [-0.15, -0.1) is 0 Å². The Morgan fingerprint density at radius 3 is 3.00 bits per heavy atom. The first-order chi connectivity index (χ1) is 7.52. The first kappa shape index (κ1) is 13.7. The molecule has 1 fully saturated rings. The van der Waals surface area contributed by atoms with Crippen molar-refractivity contribution >= 4 is 34.3 Å². The van der Waals surface area contributed by atoms with E-state index in [1.165, 1.54) is 11.8 Å². The Morgan fingerprint density at radius 1 is 1.81 bits per heavy atom. The number of aliphatic carboxylic acids is 1. The quantitative estimate of drug-likeness (QED) is 0.715. The lowest BCUT2D eigenvalue weighted by Gasteiger charge is -2.25. The van der Waals surface area contributed by atoms with Crippen LogP contribution < -0.4 is 5.73 Å². The van der Waals surface area contributed by atoms with Crippen LogP contribution in [0.5, 0.6) is 0 Å². The molecule has 1 heterocycles. The molecule has 0 bridgehead atoms. The fraction of sp³-hybridized carbons (Fsp3) is 0.778. The normalized spacial score (nSPS) is 21.8. The molecule has 2 unspecified atom stereocenters. The lowest BCUT2D eigenvalue weighted by Crippen LogP contribution is -2.37. The number of carboxylic acid groups (broad SMARTS) is 1. The van der Waals surface area contributed by atoms with Gasteiger partial charge in [-0.25, -0.2) is 0 Å². The molecule has 3 N–H and O–H groups in total. The summed E-state index contributed by atoms with van der Waals surface area (Å²) in [4.78, 5) is 12.4. The number of hydrogen-bond donors (Lipinski definition) is 2. The summed E-state index contributed by atoms with van der Waals surface area (Å²) in [6.45, 7) is 0.761. The van der Waals surface area contributed by atoms with Crippen molar-refractivity contribution in [2.24, 2.45) is 5.73 Å². The Hall–Kier alpha value is -0.370. The highest BCUT2D eigenvalue weighted by atomic mass is 32.2. The van der Waals surface area contributed by atoms with Gasteiger partial charge in [-0.2, -0.15) is 0 Å². The van der Waals surface area contributed by atoms with Crippen LogP contribution in [0.1, 0.15) is 12.8 Å². The van der Waals surface area contributed by atoms with Crippen molar-refractivity contribution in [3.63, 3.8) is 0 Å². The van der Waals surface area contributed by atoms with Crippen LogP contribution in [0.25, 0.3) is 0 Å². The third-order valence-corrected chi connectivity index (χ3v) is 4.03. The van der Waals surface area contributed by atoms with Gasteiger partial charge in [-0.3, -0.25) is 4.79 Å². The van der Waals surface area contributed by atoms with Gasteiger partial charge >= 0.3 is 5.97 Å². The van der Waals surface area contributed by atoms with Crippen LogP contribution in [0, 0.1) is 0 Å². The second-order valence-electron chi connectivity index (χ2n) is 3.60. The molecule has 2 atom stereocenters. The minimum Gasteiger partial charge on any atom is -0.480 e. The molecule has 1 rings (SSSR count). The Labute approximate surface area is 104 Å². The van der Waals surface area contributed by atoms with Gasteiger partial charge in [0.2, 0.25) is 0 Å². The van der Waals surface area contributed by atoms with Crippen LogP contribution in [-0.2, 0) is 9.53 Å². The minimum absolute atomic E-state index is 0.0288. The maximum atomic E-state index is 10.5. The molecule has 92 valence electrons. The number of carboxylic acids is 1. The number of rotatable bonds is 4. The van der Waals surface area contributed by atoms with E-state index in [0.717, 1.165) is 19.4 Å². The molecule has 0 radical (unpaired) electrons. The standard InChI is InChI=1S/C9H16N2O3S2/c1-11(7-3-2-4-14-7)9(15)16-5-6(10)8(12)13/h6-7H,2-5,10H2,1H3,(H,12,13). The van der Waals surface area contributed by atoms with E-state index < -0.39 is 12.0 Å². The van der Waals surface area contributed by atoms with Gasteiger partial charge in [0.1, 0.15) is 16.6 Å². The van der Waals surface area contributed by atoms with Crippen LogP contribution in [0.3, 0.4) is 0 Å². The number of nitrogens with zero attached hydrogens (tertiary/aromatic N) is 1. The van der Waals surface area contributed by atoms with E-state index in [2.05, 4.69) is 0 Å². The molecule has 16 heavy (non-hydrogen) atoms. The van der Waals surface area contributed by atoms with Gasteiger partial charge < -0.3 is 20.5 Å². The molecule has 1 saturated heterocycles. The molecule has 0 amide bonds. The zero-order valence-corrected chi connectivity index (χ0v) is 10.7. The highest BCUT2D eigenvalue weighted by Crippen LogP contribution is 2.19. The Morgan fingerprint density at radius 2 is 2.50 bits per heavy atom. The zero-order valence-electron chi connectivity index (χ0n) is 9.09. The smallest absolute Gasteiger partial charge is 0.321 e. The molecule has 0 aromatic carbocycles. The number of nitrogens with two attached hydrogens (primary N) is 1. The number of carbonyl (C=O) groups is 1. The second-order valence-corrected chi connectivity index (χ2v) is 5.25. The van der Waals surface area contributed by atoms with Gasteiger partial charge in [0.05, 0.1) is 0 Å². The summed E-state index contributed by atoms with van der Waals surface area (Å²) < 4.78 is 6.10. The summed E-state index contributed by atoms with van der Waals surface area (Å²) in [6, 6.07) is -0.874. The number of ether oxygens (including phenoxy) is 1.